The van der Waals surface area contributed by atoms with Gasteiger partial charge in [-0.1, -0.05) is 53.2 Å². The van der Waals surface area contributed by atoms with Crippen LogP contribution < -0.4 is 5.32 Å². The average molecular weight is 520 g/mol. The molecule has 0 heterocycles. The molecule has 206 valence electrons. The zero-order valence-electron chi connectivity index (χ0n) is 24.5. The quantitative estimate of drug-likeness (QED) is 0.471. The molecule has 0 aromatic carbocycles. The van der Waals surface area contributed by atoms with Crippen LogP contribution in [0.25, 0.3) is 0 Å². The monoisotopic (exact) mass is 519 g/mol. The SMILES string of the molecule is CC1C(=O)C(C#N)=CC2(C)C3=CC(=O)C4C5CC(C)(C)CCC5(NC(=O)N(C)C)CCC4(C)C3(C)CCC12. The van der Waals surface area contributed by atoms with Gasteiger partial charge < -0.3 is 10.2 Å². The fourth-order valence-corrected chi connectivity index (χ4v) is 9.80. The highest BCUT2D eigenvalue weighted by Crippen LogP contribution is 2.72. The minimum atomic E-state index is -0.492. The Morgan fingerprint density at radius 3 is 2.32 bits per heavy atom. The van der Waals surface area contributed by atoms with Crippen molar-refractivity contribution >= 4 is 17.6 Å². The van der Waals surface area contributed by atoms with E-state index in [1.54, 1.807) is 19.0 Å². The number of ketones is 2. The lowest BCUT2D eigenvalue weighted by Crippen LogP contribution is -2.70. The van der Waals surface area contributed by atoms with Crippen LogP contribution in [0.5, 0.6) is 0 Å². The Morgan fingerprint density at radius 2 is 1.68 bits per heavy atom. The first kappa shape index (κ1) is 27.2. The van der Waals surface area contributed by atoms with Gasteiger partial charge in [0.1, 0.15) is 6.07 Å². The second-order valence-corrected chi connectivity index (χ2v) is 14.9. The molecule has 0 aromatic heterocycles. The topological polar surface area (TPSA) is 90.3 Å². The summed E-state index contributed by atoms with van der Waals surface area (Å²) in [6.07, 6.45) is 10.2. The van der Waals surface area contributed by atoms with Crippen molar-refractivity contribution in [2.45, 2.75) is 92.0 Å². The van der Waals surface area contributed by atoms with Crippen molar-refractivity contribution in [3.05, 3.63) is 23.3 Å². The molecule has 0 spiro atoms. The van der Waals surface area contributed by atoms with Gasteiger partial charge in [0.15, 0.2) is 11.6 Å². The van der Waals surface area contributed by atoms with Crippen LogP contribution in [-0.2, 0) is 9.59 Å². The average Bonchev–Trinajstić information content (AvgIpc) is 2.83. The van der Waals surface area contributed by atoms with Crippen molar-refractivity contribution in [3.8, 4) is 6.07 Å². The smallest absolute Gasteiger partial charge is 0.317 e. The summed E-state index contributed by atoms with van der Waals surface area (Å²) in [6.45, 7) is 13.4. The number of nitrogens with zero attached hydrogens (tertiary/aromatic N) is 2. The van der Waals surface area contributed by atoms with Crippen LogP contribution in [0.15, 0.2) is 23.3 Å². The van der Waals surface area contributed by atoms with Gasteiger partial charge in [0.05, 0.1) is 5.57 Å². The van der Waals surface area contributed by atoms with Crippen molar-refractivity contribution in [2.24, 2.45) is 45.3 Å². The first-order chi connectivity index (χ1) is 17.6. The first-order valence-electron chi connectivity index (χ1n) is 14.5. The predicted octanol–water partition coefficient (Wildman–Crippen LogP) is 5.84. The van der Waals surface area contributed by atoms with E-state index < -0.39 is 5.41 Å². The predicted molar refractivity (Wildman–Crippen MR) is 147 cm³/mol. The highest BCUT2D eigenvalue weighted by Gasteiger charge is 2.69. The van der Waals surface area contributed by atoms with Gasteiger partial charge in [-0.15, -0.1) is 0 Å². The lowest BCUT2D eigenvalue weighted by molar-refractivity contribution is -0.158. The summed E-state index contributed by atoms with van der Waals surface area (Å²) < 4.78 is 0. The molecule has 8 unspecified atom stereocenters. The Labute approximate surface area is 228 Å². The Kier molecular flexibility index (Phi) is 5.93. The van der Waals surface area contributed by atoms with E-state index in [1.165, 1.54) is 0 Å². The molecule has 6 nitrogen and oxygen atoms in total. The molecule has 38 heavy (non-hydrogen) atoms. The number of nitriles is 1. The summed E-state index contributed by atoms with van der Waals surface area (Å²) in [4.78, 5) is 42.0. The maximum Gasteiger partial charge on any atom is 0.317 e. The van der Waals surface area contributed by atoms with Gasteiger partial charge in [0, 0.05) is 36.9 Å². The fourth-order valence-electron chi connectivity index (χ4n) is 9.80. The molecule has 0 saturated heterocycles. The van der Waals surface area contributed by atoms with Crippen LogP contribution >= 0.6 is 0 Å². The third kappa shape index (κ3) is 3.45. The van der Waals surface area contributed by atoms with Gasteiger partial charge in [0.25, 0.3) is 0 Å². The first-order valence-corrected chi connectivity index (χ1v) is 14.5. The van der Waals surface area contributed by atoms with E-state index >= 15 is 0 Å². The number of amides is 2. The molecule has 5 aliphatic rings. The second kappa shape index (κ2) is 8.29. The molecule has 2 amide bonds. The van der Waals surface area contributed by atoms with Crippen molar-refractivity contribution in [1.29, 1.82) is 5.26 Å². The lowest BCUT2D eigenvalue weighted by Gasteiger charge is -2.68. The van der Waals surface area contributed by atoms with Gasteiger partial charge in [-0.2, -0.15) is 5.26 Å². The van der Waals surface area contributed by atoms with Gasteiger partial charge >= 0.3 is 6.03 Å². The van der Waals surface area contributed by atoms with E-state index in [9.17, 15) is 19.6 Å². The normalized spacial score (nSPS) is 45.2. The number of carbonyl (C=O) groups is 3. The summed E-state index contributed by atoms with van der Waals surface area (Å²) in [5, 5.41) is 13.2. The number of hydrogen-bond donors (Lipinski definition) is 1. The summed E-state index contributed by atoms with van der Waals surface area (Å²) in [5.74, 6) is -0.133. The number of urea groups is 1. The molecule has 0 radical (unpaired) electrons. The van der Waals surface area contributed by atoms with Gasteiger partial charge in [-0.3, -0.25) is 9.59 Å². The van der Waals surface area contributed by atoms with Crippen molar-refractivity contribution in [1.82, 2.24) is 10.2 Å². The molecule has 5 aliphatic carbocycles. The number of hydrogen-bond acceptors (Lipinski definition) is 4. The molecule has 6 heteroatoms. The van der Waals surface area contributed by atoms with Crippen molar-refractivity contribution in [3.63, 3.8) is 0 Å². The summed E-state index contributed by atoms with van der Waals surface area (Å²) in [7, 11) is 3.56. The van der Waals surface area contributed by atoms with Gasteiger partial charge in [0.2, 0.25) is 0 Å². The molecule has 3 fully saturated rings. The number of nitrogens with one attached hydrogen (secondary N) is 1. The van der Waals surface area contributed by atoms with Crippen LogP contribution in [0.2, 0.25) is 0 Å². The highest BCUT2D eigenvalue weighted by molar-refractivity contribution is 6.02. The van der Waals surface area contributed by atoms with E-state index in [4.69, 9.17) is 0 Å². The zero-order valence-corrected chi connectivity index (χ0v) is 24.5. The van der Waals surface area contributed by atoms with Crippen molar-refractivity contribution in [2.75, 3.05) is 14.1 Å². The number of rotatable bonds is 1. The minimum Gasteiger partial charge on any atom is -0.332 e. The maximum atomic E-state index is 14.4. The van der Waals surface area contributed by atoms with E-state index in [2.05, 4.69) is 46.0 Å². The molecular weight excluding hydrogens is 474 g/mol. The molecule has 1 N–H and O–H groups in total. The fraction of sp³-hybridized carbons (Fsp3) is 0.750. The van der Waals surface area contributed by atoms with Crippen LogP contribution in [0.3, 0.4) is 0 Å². The zero-order chi connectivity index (χ0) is 28.1. The third-order valence-electron chi connectivity index (χ3n) is 12.3. The second-order valence-electron chi connectivity index (χ2n) is 14.9. The Morgan fingerprint density at radius 1 is 1.03 bits per heavy atom. The number of carbonyl (C=O) groups excluding carboxylic acids is 3. The van der Waals surface area contributed by atoms with E-state index in [-0.39, 0.29) is 68.6 Å². The third-order valence-corrected chi connectivity index (χ3v) is 12.3. The summed E-state index contributed by atoms with van der Waals surface area (Å²) in [5.41, 5.74) is 0.105. The maximum absolute atomic E-state index is 14.4. The molecule has 0 aliphatic heterocycles. The van der Waals surface area contributed by atoms with Gasteiger partial charge in [-0.05, 0) is 79.1 Å². The van der Waals surface area contributed by atoms with E-state index in [0.717, 1.165) is 50.5 Å². The lowest BCUT2D eigenvalue weighted by atomic mass is 9.36. The van der Waals surface area contributed by atoms with E-state index in [1.807, 2.05) is 19.1 Å². The largest absolute Gasteiger partial charge is 0.332 e. The summed E-state index contributed by atoms with van der Waals surface area (Å²) in [6, 6.07) is 2.08. The van der Waals surface area contributed by atoms with Gasteiger partial charge in [-0.25, -0.2) is 4.79 Å². The Hall–Kier alpha value is -2.42. The minimum absolute atomic E-state index is 0.0612. The Bertz CT molecular complexity index is 1210. The Balaban J connectivity index is 1.66. The number of allylic oxidation sites excluding steroid dienone is 4. The molecule has 0 bridgehead atoms. The molecule has 8 atom stereocenters. The number of Topliss-reactive ketones (excluding diaryl/α,β-unsaturated/α-hetero) is 1. The van der Waals surface area contributed by atoms with Crippen LogP contribution in [0, 0.1) is 56.7 Å². The highest BCUT2D eigenvalue weighted by atomic mass is 16.2. The standard InChI is InChI=1S/C32H45N3O3/c1-19-21-9-10-30(5)24(29(21,4)16-20(18-33)26(19)37)15-23(36)25-22-17-28(2,3)11-13-32(22,14-12-31(25,30)6)34-27(38)35(7)8/h15-16,19,21-22,25H,9-14,17H2,1-8H3,(H,34,38). The molecule has 5 rings (SSSR count). The van der Waals surface area contributed by atoms with Crippen LogP contribution in [-0.4, -0.2) is 42.1 Å². The molecule has 0 aromatic rings. The molecule has 3 saturated carbocycles. The van der Waals surface area contributed by atoms with Crippen molar-refractivity contribution < 1.29 is 14.4 Å². The number of fused-ring (bicyclic) bond motifs is 7. The van der Waals surface area contributed by atoms with Crippen LogP contribution in [0.4, 0.5) is 4.79 Å². The summed E-state index contributed by atoms with van der Waals surface area (Å²) >= 11 is 0. The van der Waals surface area contributed by atoms with E-state index in [0.29, 0.717) is 0 Å². The van der Waals surface area contributed by atoms with Crippen LogP contribution in [0.1, 0.15) is 86.5 Å². The molecular formula is C32H45N3O3.